The normalized spacial score (nSPS) is 23.3. The standard InChI is InChI=1S/C14H29N3/c1-4-9-16(13-5-6-13)12-14(2,3)17-10-7-15-8-11-17/h13,15H,4-12H2,1-3H3. The molecule has 0 atom stereocenters. The summed E-state index contributed by atoms with van der Waals surface area (Å²) in [4.78, 5) is 5.39. The molecule has 1 aliphatic heterocycles. The second kappa shape index (κ2) is 5.68. The summed E-state index contributed by atoms with van der Waals surface area (Å²) in [6.45, 7) is 14.4. The maximum Gasteiger partial charge on any atom is 0.0281 e. The number of nitrogens with one attached hydrogen (secondary N) is 1. The molecule has 100 valence electrons. The molecule has 0 amide bonds. The van der Waals surface area contributed by atoms with Crippen molar-refractivity contribution in [2.45, 2.75) is 51.6 Å². The van der Waals surface area contributed by atoms with Crippen LogP contribution in [0.2, 0.25) is 0 Å². The number of hydrogen-bond donors (Lipinski definition) is 1. The lowest BCUT2D eigenvalue weighted by atomic mass is 10.0. The Morgan fingerprint density at radius 1 is 1.24 bits per heavy atom. The number of nitrogens with zero attached hydrogens (tertiary/aromatic N) is 2. The molecule has 1 saturated carbocycles. The summed E-state index contributed by atoms with van der Waals surface area (Å²) >= 11 is 0. The van der Waals surface area contributed by atoms with E-state index in [1.54, 1.807) is 0 Å². The molecule has 0 aromatic rings. The van der Waals surface area contributed by atoms with E-state index in [2.05, 4.69) is 35.9 Å². The average molecular weight is 239 g/mol. The van der Waals surface area contributed by atoms with Crippen molar-refractivity contribution in [1.82, 2.24) is 15.1 Å². The molecule has 0 spiro atoms. The lowest BCUT2D eigenvalue weighted by Gasteiger charge is -2.44. The zero-order chi connectivity index (χ0) is 12.3. The highest BCUT2D eigenvalue weighted by Gasteiger charge is 2.35. The summed E-state index contributed by atoms with van der Waals surface area (Å²) in [6, 6.07) is 0.900. The van der Waals surface area contributed by atoms with Gasteiger partial charge in [0.1, 0.15) is 0 Å². The van der Waals surface area contributed by atoms with Gasteiger partial charge in [-0.3, -0.25) is 9.80 Å². The Bertz CT molecular complexity index is 230. The van der Waals surface area contributed by atoms with E-state index >= 15 is 0 Å². The molecule has 3 heteroatoms. The molecule has 0 unspecified atom stereocenters. The zero-order valence-corrected chi connectivity index (χ0v) is 11.8. The molecular formula is C14H29N3. The Balaban J connectivity index is 1.88. The smallest absolute Gasteiger partial charge is 0.0281 e. The fraction of sp³-hybridized carbons (Fsp3) is 1.00. The highest BCUT2D eigenvalue weighted by atomic mass is 15.3. The molecule has 1 heterocycles. The minimum Gasteiger partial charge on any atom is -0.314 e. The summed E-state index contributed by atoms with van der Waals surface area (Å²) in [5, 5.41) is 3.45. The lowest BCUT2D eigenvalue weighted by Crippen LogP contribution is -2.58. The summed E-state index contributed by atoms with van der Waals surface area (Å²) in [7, 11) is 0. The molecule has 0 aromatic carbocycles. The van der Waals surface area contributed by atoms with Gasteiger partial charge in [-0.25, -0.2) is 0 Å². The first-order valence-corrected chi connectivity index (χ1v) is 7.33. The van der Waals surface area contributed by atoms with Crippen molar-refractivity contribution in [1.29, 1.82) is 0 Å². The summed E-state index contributed by atoms with van der Waals surface area (Å²) < 4.78 is 0. The first-order valence-electron chi connectivity index (χ1n) is 7.33. The molecule has 1 N–H and O–H groups in total. The predicted octanol–water partition coefficient (Wildman–Crippen LogP) is 1.54. The Kier molecular flexibility index (Phi) is 4.45. The molecular weight excluding hydrogens is 210 g/mol. The quantitative estimate of drug-likeness (QED) is 0.758. The molecule has 0 bridgehead atoms. The fourth-order valence-corrected chi connectivity index (χ4v) is 2.98. The van der Waals surface area contributed by atoms with E-state index in [-0.39, 0.29) is 0 Å². The lowest BCUT2D eigenvalue weighted by molar-refractivity contribution is 0.0602. The van der Waals surface area contributed by atoms with Crippen LogP contribution < -0.4 is 5.32 Å². The zero-order valence-electron chi connectivity index (χ0n) is 11.8. The third kappa shape index (κ3) is 3.67. The highest BCUT2D eigenvalue weighted by molar-refractivity contribution is 4.92. The van der Waals surface area contributed by atoms with Crippen molar-refractivity contribution in [2.24, 2.45) is 0 Å². The SMILES string of the molecule is CCCN(CC(C)(C)N1CCNCC1)C1CC1. The van der Waals surface area contributed by atoms with Crippen molar-refractivity contribution in [3.8, 4) is 0 Å². The van der Waals surface area contributed by atoms with Crippen LogP contribution in [-0.4, -0.2) is 60.6 Å². The fourth-order valence-electron chi connectivity index (χ4n) is 2.98. The van der Waals surface area contributed by atoms with E-state index in [9.17, 15) is 0 Å². The molecule has 1 saturated heterocycles. The van der Waals surface area contributed by atoms with Crippen LogP contribution >= 0.6 is 0 Å². The molecule has 2 aliphatic rings. The van der Waals surface area contributed by atoms with Crippen LogP contribution in [0.4, 0.5) is 0 Å². The van der Waals surface area contributed by atoms with Crippen LogP contribution in [0.3, 0.4) is 0 Å². The monoisotopic (exact) mass is 239 g/mol. The van der Waals surface area contributed by atoms with E-state index in [0.717, 1.165) is 19.1 Å². The van der Waals surface area contributed by atoms with Gasteiger partial charge >= 0.3 is 0 Å². The first-order chi connectivity index (χ1) is 8.13. The summed E-state index contributed by atoms with van der Waals surface area (Å²) in [6.07, 6.45) is 4.14. The minimum absolute atomic E-state index is 0.333. The largest absolute Gasteiger partial charge is 0.314 e. The van der Waals surface area contributed by atoms with Crippen LogP contribution in [0, 0.1) is 0 Å². The summed E-state index contributed by atoms with van der Waals surface area (Å²) in [5.74, 6) is 0. The Morgan fingerprint density at radius 3 is 2.41 bits per heavy atom. The molecule has 2 rings (SSSR count). The molecule has 0 radical (unpaired) electrons. The number of hydrogen-bond acceptors (Lipinski definition) is 3. The minimum atomic E-state index is 0.333. The van der Waals surface area contributed by atoms with Gasteiger partial charge in [0.15, 0.2) is 0 Å². The maximum absolute atomic E-state index is 3.45. The van der Waals surface area contributed by atoms with Crippen LogP contribution in [0.25, 0.3) is 0 Å². The predicted molar refractivity (Wildman–Crippen MR) is 73.4 cm³/mol. The highest BCUT2D eigenvalue weighted by Crippen LogP contribution is 2.29. The van der Waals surface area contributed by atoms with Crippen LogP contribution in [0.5, 0.6) is 0 Å². The molecule has 3 nitrogen and oxygen atoms in total. The molecule has 1 aliphatic carbocycles. The van der Waals surface area contributed by atoms with Gasteiger partial charge in [0, 0.05) is 44.3 Å². The molecule has 17 heavy (non-hydrogen) atoms. The van der Waals surface area contributed by atoms with E-state index < -0.39 is 0 Å². The van der Waals surface area contributed by atoms with Gasteiger partial charge in [-0.2, -0.15) is 0 Å². The van der Waals surface area contributed by atoms with Gasteiger partial charge in [-0.1, -0.05) is 6.92 Å². The van der Waals surface area contributed by atoms with Crippen LogP contribution in [0.15, 0.2) is 0 Å². The number of piperazine rings is 1. The molecule has 0 aromatic heterocycles. The van der Waals surface area contributed by atoms with Gasteiger partial charge in [0.05, 0.1) is 0 Å². The van der Waals surface area contributed by atoms with E-state index in [4.69, 9.17) is 0 Å². The topological polar surface area (TPSA) is 18.5 Å². The van der Waals surface area contributed by atoms with Crippen LogP contribution in [0.1, 0.15) is 40.0 Å². The van der Waals surface area contributed by atoms with Gasteiger partial charge in [-0.05, 0) is 39.7 Å². The third-order valence-corrected chi connectivity index (χ3v) is 4.14. The van der Waals surface area contributed by atoms with Gasteiger partial charge in [0.25, 0.3) is 0 Å². The van der Waals surface area contributed by atoms with Crippen LogP contribution in [-0.2, 0) is 0 Å². The van der Waals surface area contributed by atoms with Crippen molar-refractivity contribution in [3.63, 3.8) is 0 Å². The first kappa shape index (κ1) is 13.3. The molecule has 2 fully saturated rings. The second-order valence-electron chi connectivity index (χ2n) is 6.25. The number of rotatable bonds is 6. The Labute approximate surface area is 107 Å². The van der Waals surface area contributed by atoms with Gasteiger partial charge < -0.3 is 5.32 Å². The second-order valence-corrected chi connectivity index (χ2v) is 6.25. The summed E-state index contributed by atoms with van der Waals surface area (Å²) in [5.41, 5.74) is 0.333. The van der Waals surface area contributed by atoms with E-state index in [1.165, 1.54) is 45.4 Å². The van der Waals surface area contributed by atoms with E-state index in [1.807, 2.05) is 0 Å². The Morgan fingerprint density at radius 2 is 1.88 bits per heavy atom. The average Bonchev–Trinajstić information content (AvgIpc) is 3.13. The van der Waals surface area contributed by atoms with E-state index in [0.29, 0.717) is 5.54 Å². The van der Waals surface area contributed by atoms with Crippen molar-refractivity contribution in [2.75, 3.05) is 39.3 Å². The van der Waals surface area contributed by atoms with Crippen molar-refractivity contribution in [3.05, 3.63) is 0 Å². The van der Waals surface area contributed by atoms with Crippen molar-refractivity contribution < 1.29 is 0 Å². The van der Waals surface area contributed by atoms with Crippen molar-refractivity contribution >= 4 is 0 Å². The van der Waals surface area contributed by atoms with Gasteiger partial charge in [-0.15, -0.1) is 0 Å². The Hall–Kier alpha value is -0.120. The third-order valence-electron chi connectivity index (χ3n) is 4.14. The maximum atomic E-state index is 3.45. The van der Waals surface area contributed by atoms with Gasteiger partial charge in [0.2, 0.25) is 0 Å².